The van der Waals surface area contributed by atoms with Crippen molar-refractivity contribution in [3.05, 3.63) is 0 Å². The fourth-order valence-electron chi connectivity index (χ4n) is 3.07. The first-order valence-corrected chi connectivity index (χ1v) is 7.25. The summed E-state index contributed by atoms with van der Waals surface area (Å²) in [6.45, 7) is 0.644. The van der Waals surface area contributed by atoms with Crippen molar-refractivity contribution < 1.29 is 9.53 Å². The number of nitrogens with one attached hydrogen (secondary N) is 1. The van der Waals surface area contributed by atoms with Crippen LogP contribution in [-0.4, -0.2) is 31.2 Å². The fraction of sp³-hybridized carbons (Fsp3) is 0.929. The third-order valence-corrected chi connectivity index (χ3v) is 4.69. The molecule has 4 nitrogen and oxygen atoms in total. The summed E-state index contributed by atoms with van der Waals surface area (Å²) >= 11 is 0. The van der Waals surface area contributed by atoms with E-state index in [0.29, 0.717) is 6.54 Å². The summed E-state index contributed by atoms with van der Waals surface area (Å²) < 4.78 is 5.52. The van der Waals surface area contributed by atoms with Crippen LogP contribution in [0.4, 0.5) is 0 Å². The van der Waals surface area contributed by atoms with Crippen LogP contribution < -0.4 is 11.1 Å². The number of rotatable bonds is 4. The SMILES string of the molecule is COC1(CNC(=O)C2CCCCCC2N)CCC1. The van der Waals surface area contributed by atoms with E-state index in [1.165, 1.54) is 12.8 Å². The molecule has 2 atom stereocenters. The van der Waals surface area contributed by atoms with Crippen molar-refractivity contribution in [2.75, 3.05) is 13.7 Å². The van der Waals surface area contributed by atoms with Crippen molar-refractivity contribution in [1.82, 2.24) is 5.32 Å². The van der Waals surface area contributed by atoms with Gasteiger partial charge in [-0.05, 0) is 32.1 Å². The van der Waals surface area contributed by atoms with E-state index in [2.05, 4.69) is 5.32 Å². The maximum absolute atomic E-state index is 12.2. The summed E-state index contributed by atoms with van der Waals surface area (Å²) in [5.74, 6) is 0.134. The molecule has 0 bridgehead atoms. The summed E-state index contributed by atoms with van der Waals surface area (Å²) in [5.41, 5.74) is 6.01. The molecule has 2 aliphatic carbocycles. The van der Waals surface area contributed by atoms with Crippen LogP contribution in [0, 0.1) is 5.92 Å². The number of amides is 1. The molecule has 3 N–H and O–H groups in total. The standard InChI is InChI=1S/C14H26N2O2/c1-18-14(8-5-9-14)10-16-13(17)11-6-3-2-4-7-12(11)15/h11-12H,2-10,15H2,1H3,(H,16,17). The topological polar surface area (TPSA) is 64.3 Å². The maximum Gasteiger partial charge on any atom is 0.224 e. The molecule has 0 aromatic rings. The van der Waals surface area contributed by atoms with Gasteiger partial charge in [0.05, 0.1) is 11.5 Å². The highest BCUT2D eigenvalue weighted by Crippen LogP contribution is 2.34. The van der Waals surface area contributed by atoms with E-state index in [0.717, 1.165) is 38.5 Å². The van der Waals surface area contributed by atoms with E-state index in [1.807, 2.05) is 0 Å². The van der Waals surface area contributed by atoms with Crippen LogP contribution in [0.15, 0.2) is 0 Å². The zero-order valence-corrected chi connectivity index (χ0v) is 11.4. The number of nitrogens with two attached hydrogens (primary N) is 1. The van der Waals surface area contributed by atoms with Crippen LogP contribution in [-0.2, 0) is 9.53 Å². The average molecular weight is 254 g/mol. The van der Waals surface area contributed by atoms with E-state index in [1.54, 1.807) is 7.11 Å². The Hall–Kier alpha value is -0.610. The Morgan fingerprint density at radius 1 is 1.28 bits per heavy atom. The lowest BCUT2D eigenvalue weighted by molar-refractivity contribution is -0.129. The normalized spacial score (nSPS) is 31.2. The van der Waals surface area contributed by atoms with Crippen molar-refractivity contribution in [2.45, 2.75) is 63.0 Å². The van der Waals surface area contributed by atoms with Gasteiger partial charge in [-0.2, -0.15) is 0 Å². The zero-order chi connectivity index (χ0) is 13.0. The van der Waals surface area contributed by atoms with Gasteiger partial charge in [0.15, 0.2) is 0 Å². The molecule has 104 valence electrons. The number of carbonyl (C=O) groups excluding carboxylic acids is 1. The molecule has 2 unspecified atom stereocenters. The molecule has 1 amide bonds. The average Bonchev–Trinajstić information content (AvgIpc) is 2.53. The highest BCUT2D eigenvalue weighted by atomic mass is 16.5. The summed E-state index contributed by atoms with van der Waals surface area (Å²) in [6, 6.07) is 0.0346. The van der Waals surface area contributed by atoms with Gasteiger partial charge >= 0.3 is 0 Å². The largest absolute Gasteiger partial charge is 0.376 e. The van der Waals surface area contributed by atoms with Crippen molar-refractivity contribution in [3.8, 4) is 0 Å². The smallest absolute Gasteiger partial charge is 0.224 e. The van der Waals surface area contributed by atoms with Gasteiger partial charge in [0.2, 0.25) is 5.91 Å². The van der Waals surface area contributed by atoms with Crippen LogP contribution in [0.5, 0.6) is 0 Å². The first-order chi connectivity index (χ1) is 8.67. The van der Waals surface area contributed by atoms with Gasteiger partial charge in [0.1, 0.15) is 0 Å². The Bertz CT molecular complexity index is 284. The molecule has 0 aliphatic heterocycles. The molecule has 0 radical (unpaired) electrons. The number of hydrogen-bond donors (Lipinski definition) is 2. The minimum atomic E-state index is -0.0928. The van der Waals surface area contributed by atoms with Gasteiger partial charge in [-0.3, -0.25) is 4.79 Å². The lowest BCUT2D eigenvalue weighted by Gasteiger charge is -2.40. The summed E-state index contributed by atoms with van der Waals surface area (Å²) in [5, 5.41) is 3.06. The molecule has 2 rings (SSSR count). The highest BCUT2D eigenvalue weighted by Gasteiger charge is 2.38. The predicted molar refractivity (Wildman–Crippen MR) is 71.2 cm³/mol. The lowest BCUT2D eigenvalue weighted by Crippen LogP contribution is -2.51. The minimum Gasteiger partial charge on any atom is -0.376 e. The van der Waals surface area contributed by atoms with Crippen LogP contribution in [0.2, 0.25) is 0 Å². The second-order valence-corrected chi connectivity index (χ2v) is 5.87. The monoisotopic (exact) mass is 254 g/mol. The molecule has 0 aromatic carbocycles. The van der Waals surface area contributed by atoms with E-state index >= 15 is 0 Å². The third-order valence-electron chi connectivity index (χ3n) is 4.69. The Morgan fingerprint density at radius 2 is 2.00 bits per heavy atom. The minimum absolute atomic E-state index is 0.00137. The number of carbonyl (C=O) groups is 1. The number of hydrogen-bond acceptors (Lipinski definition) is 3. The van der Waals surface area contributed by atoms with Gasteiger partial charge in [-0.1, -0.05) is 19.3 Å². The van der Waals surface area contributed by atoms with E-state index in [9.17, 15) is 4.79 Å². The second kappa shape index (κ2) is 6.02. The molecular weight excluding hydrogens is 228 g/mol. The van der Waals surface area contributed by atoms with E-state index < -0.39 is 0 Å². The molecule has 0 aromatic heterocycles. The quantitative estimate of drug-likeness (QED) is 0.749. The second-order valence-electron chi connectivity index (χ2n) is 5.87. The van der Waals surface area contributed by atoms with Crippen LogP contribution in [0.1, 0.15) is 51.4 Å². The molecule has 2 aliphatic rings. The Morgan fingerprint density at radius 3 is 2.61 bits per heavy atom. The van der Waals surface area contributed by atoms with Crippen molar-refractivity contribution >= 4 is 5.91 Å². The Kier molecular flexibility index (Phi) is 4.62. The molecule has 2 saturated carbocycles. The lowest BCUT2D eigenvalue weighted by atomic mass is 9.80. The molecule has 0 saturated heterocycles. The summed E-state index contributed by atoms with van der Waals surface area (Å²) in [4.78, 5) is 12.2. The fourth-order valence-corrected chi connectivity index (χ4v) is 3.07. The van der Waals surface area contributed by atoms with Crippen molar-refractivity contribution in [2.24, 2.45) is 11.7 Å². The first kappa shape index (κ1) is 13.8. The van der Waals surface area contributed by atoms with Gasteiger partial charge in [0.25, 0.3) is 0 Å². The van der Waals surface area contributed by atoms with Gasteiger partial charge in [-0.15, -0.1) is 0 Å². The Labute approximate surface area is 110 Å². The third kappa shape index (κ3) is 3.04. The Balaban J connectivity index is 1.82. The van der Waals surface area contributed by atoms with Crippen molar-refractivity contribution in [1.29, 1.82) is 0 Å². The summed E-state index contributed by atoms with van der Waals surface area (Å²) in [7, 11) is 1.74. The zero-order valence-electron chi connectivity index (χ0n) is 11.4. The molecular formula is C14H26N2O2. The van der Waals surface area contributed by atoms with Gasteiger partial charge in [-0.25, -0.2) is 0 Å². The van der Waals surface area contributed by atoms with E-state index in [-0.39, 0.29) is 23.5 Å². The van der Waals surface area contributed by atoms with Crippen LogP contribution in [0.3, 0.4) is 0 Å². The maximum atomic E-state index is 12.2. The summed E-state index contributed by atoms with van der Waals surface area (Å²) in [6.07, 6.45) is 8.72. The van der Waals surface area contributed by atoms with Gasteiger partial charge in [0, 0.05) is 19.7 Å². The molecule has 2 fully saturated rings. The molecule has 0 heterocycles. The van der Waals surface area contributed by atoms with E-state index in [4.69, 9.17) is 10.5 Å². The van der Waals surface area contributed by atoms with Crippen LogP contribution >= 0.6 is 0 Å². The predicted octanol–water partition coefficient (Wildman–Crippen LogP) is 1.58. The first-order valence-electron chi connectivity index (χ1n) is 7.25. The number of methoxy groups -OCH3 is 1. The van der Waals surface area contributed by atoms with Crippen molar-refractivity contribution in [3.63, 3.8) is 0 Å². The van der Waals surface area contributed by atoms with Gasteiger partial charge < -0.3 is 15.8 Å². The van der Waals surface area contributed by atoms with Crippen LogP contribution in [0.25, 0.3) is 0 Å². The molecule has 18 heavy (non-hydrogen) atoms. The molecule has 0 spiro atoms. The highest BCUT2D eigenvalue weighted by molar-refractivity contribution is 5.79. The number of ether oxygens (including phenoxy) is 1. The molecule has 4 heteroatoms.